The average molecular weight is 1290 g/mol. The van der Waals surface area contributed by atoms with Gasteiger partial charge in [0, 0.05) is 84.1 Å². The lowest BCUT2D eigenvalue weighted by Crippen LogP contribution is -2.65. The van der Waals surface area contributed by atoms with Crippen LogP contribution in [0.1, 0.15) is 5.56 Å². The Morgan fingerprint density at radius 3 is 1.18 bits per heavy atom. The van der Waals surface area contributed by atoms with Gasteiger partial charge in [0.2, 0.25) is 6.71 Å². The van der Waals surface area contributed by atoms with Crippen LogP contribution in [0.5, 0.6) is 0 Å². The third-order valence-electron chi connectivity index (χ3n) is 19.3. The van der Waals surface area contributed by atoms with E-state index in [1.807, 2.05) is 200 Å². The van der Waals surface area contributed by atoms with E-state index in [9.17, 15) is 0 Å². The zero-order valence-corrected chi connectivity index (χ0v) is 53.2. The lowest BCUT2D eigenvalue weighted by atomic mass is 9.30. The van der Waals surface area contributed by atoms with Crippen LogP contribution >= 0.6 is 11.8 Å². The van der Waals surface area contributed by atoms with Crippen molar-refractivity contribution in [2.75, 3.05) is 24.5 Å². The standard InChI is InChI=1S/C85H54B2F5N5S/c88-59-43-48-75(72(89)49-59)97-77-51-66(93(60-27-11-3-12-28-60)61-29-13-4-14-30-61)50-76-81(77)86(68-35-19-21-37-73(68)95(76)62-31-15-5-16-32-62)70-54-71-84(80(83(70)97)85(90,91)92)98-79-53-67(52-78-82(79)87(71)69-36-20-22-38-74(69)96(78)63-33-17-6-18-34-63)94(64-44-39-57(40-45-64)55-23-7-1-8-24-55)65-46-41-58(42-47-65)56-25-9-2-10-26-56/h1-54H. The predicted molar refractivity (Wildman–Crippen MR) is 396 cm³/mol. The van der Waals surface area contributed by atoms with Gasteiger partial charge in [-0.3, -0.25) is 0 Å². The minimum absolute atomic E-state index is 0.0108. The first kappa shape index (κ1) is 58.8. The first-order valence-electron chi connectivity index (χ1n) is 32.6. The number of anilines is 15. The molecule has 0 aliphatic carbocycles. The lowest BCUT2D eigenvalue weighted by molar-refractivity contribution is -0.139. The number of para-hydroxylation sites is 6. The Bertz CT molecular complexity index is 5290. The smallest absolute Gasteiger partial charge is 0.311 e. The van der Waals surface area contributed by atoms with Gasteiger partial charge in [-0.05, 0) is 171 Å². The highest BCUT2D eigenvalue weighted by molar-refractivity contribution is 8.00. The van der Waals surface area contributed by atoms with Gasteiger partial charge in [0.05, 0.1) is 22.6 Å². The molecule has 466 valence electrons. The van der Waals surface area contributed by atoms with Crippen LogP contribution in [0.25, 0.3) is 22.3 Å². The van der Waals surface area contributed by atoms with Gasteiger partial charge in [-0.25, -0.2) is 8.78 Å². The number of benzene rings is 14. The van der Waals surface area contributed by atoms with Crippen LogP contribution in [0.15, 0.2) is 337 Å². The highest BCUT2D eigenvalue weighted by Crippen LogP contribution is 2.55. The van der Waals surface area contributed by atoms with Crippen molar-refractivity contribution in [2.45, 2.75) is 16.0 Å². The van der Waals surface area contributed by atoms with Crippen LogP contribution in [0.4, 0.5) is 107 Å². The zero-order chi connectivity index (χ0) is 65.8. The first-order chi connectivity index (χ1) is 48.1. The van der Waals surface area contributed by atoms with E-state index in [1.54, 1.807) is 0 Å². The molecule has 14 aromatic carbocycles. The topological polar surface area (TPSA) is 16.2 Å². The minimum atomic E-state index is -5.09. The SMILES string of the molecule is Fc1ccc(N2c3cc(N(c4ccccc4)c4ccccc4)cc4c3B(c3ccccc3N4c3ccccc3)c3cc4c(c(C(F)(F)F)c32)Sc2cc(N(c3ccc(-c5ccccc5)cc3)c3ccc(-c5ccccc5)cc3)cc3c2B4c2ccccc2N3c2ccccc2)c(F)c1. The summed E-state index contributed by atoms with van der Waals surface area (Å²) in [5.41, 5.74) is 16.3. The van der Waals surface area contributed by atoms with Crippen molar-refractivity contribution in [3.63, 3.8) is 0 Å². The molecule has 0 bridgehead atoms. The van der Waals surface area contributed by atoms with E-state index in [0.717, 1.165) is 114 Å². The molecule has 18 rings (SSSR count). The zero-order valence-electron chi connectivity index (χ0n) is 52.4. The third kappa shape index (κ3) is 9.70. The summed E-state index contributed by atoms with van der Waals surface area (Å²) >= 11 is 1.10. The second kappa shape index (κ2) is 23.5. The van der Waals surface area contributed by atoms with Crippen molar-refractivity contribution < 1.29 is 22.0 Å². The van der Waals surface area contributed by atoms with Gasteiger partial charge in [0.25, 0.3) is 6.71 Å². The second-order valence-corrected chi connectivity index (χ2v) is 26.0. The quantitative estimate of drug-likeness (QED) is 0.0941. The van der Waals surface area contributed by atoms with Crippen molar-refractivity contribution in [3.8, 4) is 22.3 Å². The summed E-state index contributed by atoms with van der Waals surface area (Å²) in [6.45, 7) is -1.60. The molecule has 0 unspecified atom stereocenters. The van der Waals surface area contributed by atoms with Gasteiger partial charge in [0.1, 0.15) is 11.6 Å². The number of nitrogens with zero attached hydrogens (tertiary/aromatic N) is 5. The largest absolute Gasteiger partial charge is 0.419 e. The highest BCUT2D eigenvalue weighted by atomic mass is 32.2. The molecule has 0 fully saturated rings. The van der Waals surface area contributed by atoms with Crippen molar-refractivity contribution in [2.24, 2.45) is 0 Å². The second-order valence-electron chi connectivity index (χ2n) is 24.9. The molecule has 14 aromatic rings. The Morgan fingerprint density at radius 2 is 0.704 bits per heavy atom. The Balaban J connectivity index is 0.933. The van der Waals surface area contributed by atoms with E-state index in [-0.39, 0.29) is 16.3 Å². The van der Waals surface area contributed by atoms with Crippen LogP contribution in [0.3, 0.4) is 0 Å². The van der Waals surface area contributed by atoms with Crippen LogP contribution < -0.4 is 57.3 Å². The van der Waals surface area contributed by atoms with Crippen LogP contribution in [0, 0.1) is 11.6 Å². The van der Waals surface area contributed by atoms with Crippen molar-refractivity contribution >= 4 is 143 Å². The normalized spacial score (nSPS) is 13.0. The number of alkyl halides is 3. The van der Waals surface area contributed by atoms with Gasteiger partial charge >= 0.3 is 6.18 Å². The molecule has 4 heterocycles. The molecule has 0 saturated carbocycles. The summed E-state index contributed by atoms with van der Waals surface area (Å²) in [5, 5.41) is 0. The van der Waals surface area contributed by atoms with E-state index in [4.69, 9.17) is 0 Å². The summed E-state index contributed by atoms with van der Waals surface area (Å²) in [6, 6.07) is 106. The first-order valence-corrected chi connectivity index (χ1v) is 33.4. The monoisotopic (exact) mass is 1290 g/mol. The van der Waals surface area contributed by atoms with E-state index >= 15 is 22.0 Å². The predicted octanol–water partition coefficient (Wildman–Crippen LogP) is 20.1. The van der Waals surface area contributed by atoms with E-state index in [1.165, 1.54) is 11.0 Å². The fraction of sp³-hybridized carbons (Fsp3) is 0.0118. The lowest BCUT2D eigenvalue weighted by Gasteiger charge is -2.47. The molecular weight excluding hydrogens is 1240 g/mol. The number of fused-ring (bicyclic) bond motifs is 8. The van der Waals surface area contributed by atoms with Crippen LogP contribution in [-0.2, 0) is 6.18 Å². The van der Waals surface area contributed by atoms with Gasteiger partial charge in [0.15, 0.2) is 0 Å². The molecule has 0 atom stereocenters. The van der Waals surface area contributed by atoms with Crippen molar-refractivity contribution in [1.82, 2.24) is 0 Å². The van der Waals surface area contributed by atoms with Crippen molar-refractivity contribution in [1.29, 1.82) is 0 Å². The molecule has 5 nitrogen and oxygen atoms in total. The average Bonchev–Trinajstić information content (AvgIpc) is 0.678. The van der Waals surface area contributed by atoms with Gasteiger partial charge in [-0.1, -0.05) is 217 Å². The maximum atomic E-state index is 18.2. The Kier molecular flexibility index (Phi) is 14.1. The summed E-state index contributed by atoms with van der Waals surface area (Å²) < 4.78 is 87.9. The molecule has 0 amide bonds. The molecule has 4 aliphatic rings. The van der Waals surface area contributed by atoms with Gasteiger partial charge in [-0.2, -0.15) is 13.2 Å². The molecule has 13 heteroatoms. The Labute approximate surface area is 569 Å². The van der Waals surface area contributed by atoms with Crippen LogP contribution in [-0.4, -0.2) is 13.4 Å². The number of hydrogen-bond acceptors (Lipinski definition) is 6. The molecule has 0 spiro atoms. The van der Waals surface area contributed by atoms with E-state index in [0.29, 0.717) is 44.0 Å². The third-order valence-corrected chi connectivity index (χ3v) is 20.5. The fourth-order valence-corrected chi connectivity index (χ4v) is 16.6. The van der Waals surface area contributed by atoms with E-state index in [2.05, 4.69) is 129 Å². The number of hydrogen-bond donors (Lipinski definition) is 0. The fourth-order valence-electron chi connectivity index (χ4n) is 15.3. The maximum Gasteiger partial charge on any atom is 0.419 e. The Morgan fingerprint density at radius 1 is 0.306 bits per heavy atom. The van der Waals surface area contributed by atoms with Crippen LogP contribution in [0.2, 0.25) is 0 Å². The molecule has 4 aliphatic heterocycles. The summed E-state index contributed by atoms with van der Waals surface area (Å²) in [7, 11) is 0. The van der Waals surface area contributed by atoms with Gasteiger partial charge in [-0.15, -0.1) is 0 Å². The summed E-state index contributed by atoms with van der Waals surface area (Å²) in [5.74, 6) is -1.89. The number of rotatable bonds is 11. The maximum absolute atomic E-state index is 18.2. The minimum Gasteiger partial charge on any atom is -0.311 e. The Hall–Kier alpha value is -11.8. The highest BCUT2D eigenvalue weighted by Gasteiger charge is 2.53. The summed E-state index contributed by atoms with van der Waals surface area (Å²) in [6.07, 6.45) is -5.09. The van der Waals surface area contributed by atoms with Gasteiger partial charge < -0.3 is 24.5 Å². The molecular formula is C85H54B2F5N5S. The van der Waals surface area contributed by atoms with Crippen molar-refractivity contribution in [3.05, 3.63) is 345 Å². The van der Waals surface area contributed by atoms with E-state index < -0.39 is 36.8 Å². The molecule has 0 N–H and O–H groups in total. The molecule has 0 aromatic heterocycles. The summed E-state index contributed by atoms with van der Waals surface area (Å²) in [4.78, 5) is 10.7. The molecule has 98 heavy (non-hydrogen) atoms. The molecule has 0 radical (unpaired) electrons. The number of halogens is 5. The molecule has 0 saturated heterocycles.